The van der Waals surface area contributed by atoms with Crippen molar-refractivity contribution in [3.8, 4) is 5.75 Å². The molecule has 0 bridgehead atoms. The zero-order chi connectivity index (χ0) is 15.9. The van der Waals surface area contributed by atoms with Crippen LogP contribution < -0.4 is 4.74 Å². The lowest BCUT2D eigenvalue weighted by Gasteiger charge is -2.33. The van der Waals surface area contributed by atoms with E-state index in [0.29, 0.717) is 25.2 Å². The number of thiol groups is 1. The molecule has 0 aromatic heterocycles. The molecule has 120 valence electrons. The third-order valence-corrected chi connectivity index (χ3v) is 3.52. The molecule has 0 aliphatic heterocycles. The zero-order valence-corrected chi connectivity index (χ0v) is 15.0. The lowest BCUT2D eigenvalue weighted by atomic mass is 9.72. The molecule has 0 aliphatic carbocycles. The first-order valence-electron chi connectivity index (χ1n) is 7.66. The fourth-order valence-electron chi connectivity index (χ4n) is 2.82. The minimum absolute atomic E-state index is 0.173. The molecule has 0 saturated carbocycles. The van der Waals surface area contributed by atoms with Crippen LogP contribution in [0.2, 0.25) is 0 Å². The molecule has 3 heteroatoms. The van der Waals surface area contributed by atoms with Gasteiger partial charge in [-0.25, -0.2) is 0 Å². The summed E-state index contributed by atoms with van der Waals surface area (Å²) in [6, 6.07) is 8.46. The van der Waals surface area contributed by atoms with Crippen molar-refractivity contribution >= 4 is 12.6 Å². The Balaban J connectivity index is 2.53. The van der Waals surface area contributed by atoms with Crippen molar-refractivity contribution in [1.82, 2.24) is 0 Å². The highest BCUT2D eigenvalue weighted by Crippen LogP contribution is 2.36. The van der Waals surface area contributed by atoms with Crippen LogP contribution in [0.1, 0.15) is 46.6 Å². The van der Waals surface area contributed by atoms with E-state index in [0.717, 1.165) is 17.9 Å². The van der Waals surface area contributed by atoms with Crippen molar-refractivity contribution < 1.29 is 9.47 Å². The fourth-order valence-corrected chi connectivity index (χ4v) is 2.94. The predicted molar refractivity (Wildman–Crippen MR) is 93.7 cm³/mol. The van der Waals surface area contributed by atoms with Crippen molar-refractivity contribution in [3.63, 3.8) is 0 Å². The van der Waals surface area contributed by atoms with E-state index in [1.54, 1.807) is 0 Å². The lowest BCUT2D eigenvalue weighted by molar-refractivity contribution is 0.112. The largest absolute Gasteiger partial charge is 0.491 e. The van der Waals surface area contributed by atoms with E-state index < -0.39 is 0 Å². The second-order valence-corrected chi connectivity index (χ2v) is 7.78. The number of hydrogen-bond acceptors (Lipinski definition) is 3. The van der Waals surface area contributed by atoms with Gasteiger partial charge in [0, 0.05) is 5.75 Å². The van der Waals surface area contributed by atoms with Crippen molar-refractivity contribution in [2.75, 3.05) is 25.6 Å². The Kier molecular flexibility index (Phi) is 7.08. The third-order valence-electron chi connectivity index (χ3n) is 3.34. The van der Waals surface area contributed by atoms with Crippen molar-refractivity contribution in [2.45, 2.75) is 46.5 Å². The van der Waals surface area contributed by atoms with Crippen molar-refractivity contribution in [3.05, 3.63) is 29.8 Å². The normalized spacial score (nSPS) is 12.5. The maximum absolute atomic E-state index is 5.67. The summed E-state index contributed by atoms with van der Waals surface area (Å²) in [5.74, 6) is 1.65. The maximum atomic E-state index is 5.67. The van der Waals surface area contributed by atoms with Crippen LogP contribution in [0.4, 0.5) is 0 Å². The Hall–Kier alpha value is -0.670. The summed E-state index contributed by atoms with van der Waals surface area (Å²) >= 11 is 4.09. The van der Waals surface area contributed by atoms with Crippen LogP contribution in [0.5, 0.6) is 5.75 Å². The molecule has 0 spiro atoms. The highest BCUT2D eigenvalue weighted by molar-refractivity contribution is 7.80. The molecule has 0 fully saturated rings. The molecule has 0 aliphatic rings. The number of ether oxygens (including phenoxy) is 2. The van der Waals surface area contributed by atoms with Gasteiger partial charge >= 0.3 is 0 Å². The van der Waals surface area contributed by atoms with Crippen molar-refractivity contribution in [1.29, 1.82) is 0 Å². The molecule has 1 aromatic carbocycles. The highest BCUT2D eigenvalue weighted by atomic mass is 32.1. The summed E-state index contributed by atoms with van der Waals surface area (Å²) in [6.07, 6.45) is 1.15. The van der Waals surface area contributed by atoms with Gasteiger partial charge in [-0.1, -0.05) is 46.8 Å². The van der Waals surface area contributed by atoms with Gasteiger partial charge in [0.05, 0.1) is 13.2 Å². The van der Waals surface area contributed by atoms with E-state index >= 15 is 0 Å². The van der Waals surface area contributed by atoms with E-state index in [1.807, 2.05) is 0 Å². The molecule has 1 rings (SSSR count). The number of hydrogen-bond donors (Lipinski definition) is 1. The van der Waals surface area contributed by atoms with Gasteiger partial charge in [0.25, 0.3) is 0 Å². The molecule has 0 radical (unpaired) electrons. The van der Waals surface area contributed by atoms with Crippen LogP contribution in [0.15, 0.2) is 24.3 Å². The van der Waals surface area contributed by atoms with Crippen LogP contribution in [-0.2, 0) is 10.2 Å². The quantitative estimate of drug-likeness (QED) is 0.553. The van der Waals surface area contributed by atoms with Gasteiger partial charge in [0.2, 0.25) is 0 Å². The van der Waals surface area contributed by atoms with Gasteiger partial charge in [0.15, 0.2) is 0 Å². The highest BCUT2D eigenvalue weighted by Gasteiger charge is 2.27. The average Bonchev–Trinajstić information content (AvgIpc) is 2.36. The molecule has 21 heavy (non-hydrogen) atoms. The average molecular weight is 311 g/mol. The Morgan fingerprint density at radius 3 is 2.05 bits per heavy atom. The molecule has 0 unspecified atom stereocenters. The molecule has 0 saturated heterocycles. The van der Waals surface area contributed by atoms with E-state index in [4.69, 9.17) is 9.47 Å². The molecular formula is C18H30O2S. The summed E-state index contributed by atoms with van der Waals surface area (Å²) in [6.45, 7) is 13.3. The van der Waals surface area contributed by atoms with Crippen LogP contribution in [0.3, 0.4) is 0 Å². The second kappa shape index (κ2) is 8.09. The third kappa shape index (κ3) is 7.23. The minimum Gasteiger partial charge on any atom is -0.491 e. The van der Waals surface area contributed by atoms with E-state index in [2.05, 4.69) is 71.5 Å². The Bertz CT molecular complexity index is 404. The first-order chi connectivity index (χ1) is 9.74. The minimum atomic E-state index is 0.173. The Morgan fingerprint density at radius 2 is 1.52 bits per heavy atom. The Morgan fingerprint density at radius 1 is 0.905 bits per heavy atom. The molecule has 0 heterocycles. The summed E-state index contributed by atoms with van der Waals surface area (Å²) in [5.41, 5.74) is 1.85. The number of rotatable bonds is 8. The number of benzene rings is 1. The van der Waals surface area contributed by atoms with Gasteiger partial charge in [-0.3, -0.25) is 0 Å². The predicted octanol–water partition coefficient (Wildman–Crippen LogP) is 4.73. The first kappa shape index (κ1) is 18.4. The second-order valence-electron chi connectivity index (χ2n) is 7.33. The van der Waals surface area contributed by atoms with Gasteiger partial charge in [-0.05, 0) is 34.9 Å². The van der Waals surface area contributed by atoms with Crippen LogP contribution in [0.25, 0.3) is 0 Å². The SMILES string of the molecule is CC(C)(C)CC(C)(C)c1ccc(OCCOCCS)cc1. The molecular weight excluding hydrogens is 280 g/mol. The first-order valence-corrected chi connectivity index (χ1v) is 8.30. The van der Waals surface area contributed by atoms with E-state index in [-0.39, 0.29) is 5.41 Å². The molecule has 0 atom stereocenters. The van der Waals surface area contributed by atoms with Crippen LogP contribution in [-0.4, -0.2) is 25.6 Å². The smallest absolute Gasteiger partial charge is 0.119 e. The molecule has 2 nitrogen and oxygen atoms in total. The maximum Gasteiger partial charge on any atom is 0.119 e. The summed E-state index contributed by atoms with van der Waals surface area (Å²) in [4.78, 5) is 0. The molecule has 1 aromatic rings. The summed E-state index contributed by atoms with van der Waals surface area (Å²) in [7, 11) is 0. The summed E-state index contributed by atoms with van der Waals surface area (Å²) < 4.78 is 11.0. The topological polar surface area (TPSA) is 18.5 Å². The molecule has 0 amide bonds. The van der Waals surface area contributed by atoms with Crippen LogP contribution in [0, 0.1) is 5.41 Å². The van der Waals surface area contributed by atoms with Gasteiger partial charge in [0.1, 0.15) is 12.4 Å². The zero-order valence-electron chi connectivity index (χ0n) is 14.1. The van der Waals surface area contributed by atoms with E-state index in [1.165, 1.54) is 5.56 Å². The van der Waals surface area contributed by atoms with Crippen molar-refractivity contribution in [2.24, 2.45) is 5.41 Å². The Labute approximate surface area is 135 Å². The van der Waals surface area contributed by atoms with E-state index in [9.17, 15) is 0 Å². The van der Waals surface area contributed by atoms with Gasteiger partial charge < -0.3 is 9.47 Å². The van der Waals surface area contributed by atoms with Gasteiger partial charge in [-0.2, -0.15) is 12.6 Å². The lowest BCUT2D eigenvalue weighted by Crippen LogP contribution is -2.24. The molecule has 0 N–H and O–H groups in total. The standard InChI is InChI=1S/C18H30O2S/c1-17(2,3)14-18(4,5)15-6-8-16(9-7-15)20-11-10-19-12-13-21/h6-9,21H,10-14H2,1-5H3. The summed E-state index contributed by atoms with van der Waals surface area (Å²) in [5, 5.41) is 0. The fraction of sp³-hybridized carbons (Fsp3) is 0.667. The monoisotopic (exact) mass is 310 g/mol. The van der Waals surface area contributed by atoms with Crippen LogP contribution >= 0.6 is 12.6 Å². The van der Waals surface area contributed by atoms with Gasteiger partial charge in [-0.15, -0.1) is 0 Å².